The number of hydrogen-bond acceptors (Lipinski definition) is 3. The quantitative estimate of drug-likeness (QED) is 0.254. The smallest absolute Gasteiger partial charge is 0.130 e. The third kappa shape index (κ3) is 5.88. The van der Waals surface area contributed by atoms with Crippen molar-refractivity contribution < 1.29 is 9.78 Å². The fourth-order valence-corrected chi connectivity index (χ4v) is 0.232. The Labute approximate surface area is 49.7 Å². The van der Waals surface area contributed by atoms with Crippen molar-refractivity contribution in [1.82, 2.24) is 0 Å². The van der Waals surface area contributed by atoms with Crippen LogP contribution in [-0.4, -0.2) is 13.3 Å². The molecule has 0 aromatic heterocycles. The summed E-state index contributed by atoms with van der Waals surface area (Å²) < 4.78 is 0. The maximum absolute atomic E-state index is 4.97. The first-order valence-electron chi connectivity index (χ1n) is 2.72. The second kappa shape index (κ2) is 5.03. The first-order valence-corrected chi connectivity index (χ1v) is 2.72. The Morgan fingerprint density at radius 2 is 2.00 bits per heavy atom. The normalized spacial score (nSPS) is 10.5. The summed E-state index contributed by atoms with van der Waals surface area (Å²) in [5.74, 6) is 0.501. The van der Waals surface area contributed by atoms with E-state index in [1.165, 1.54) is 0 Å². The van der Waals surface area contributed by atoms with E-state index in [9.17, 15) is 0 Å². The zero-order chi connectivity index (χ0) is 6.41. The standard InChI is InChI=1S/C5H13NO2/c1-5(2)3-7-8-4-6/h5H,3-4,6H2,1-2H3. The second-order valence-corrected chi connectivity index (χ2v) is 1.96. The van der Waals surface area contributed by atoms with Gasteiger partial charge in [-0.2, -0.15) is 0 Å². The molecule has 0 radical (unpaired) electrons. The van der Waals surface area contributed by atoms with Crippen LogP contribution < -0.4 is 5.73 Å². The minimum atomic E-state index is 0.132. The van der Waals surface area contributed by atoms with Crippen LogP contribution >= 0.6 is 0 Å². The van der Waals surface area contributed by atoms with Gasteiger partial charge in [-0.05, 0) is 5.92 Å². The third-order valence-electron chi connectivity index (χ3n) is 0.553. The minimum Gasteiger partial charge on any atom is -0.306 e. The molecule has 2 N–H and O–H groups in total. The van der Waals surface area contributed by atoms with Crippen molar-refractivity contribution in [3.63, 3.8) is 0 Å². The van der Waals surface area contributed by atoms with E-state index in [4.69, 9.17) is 5.73 Å². The van der Waals surface area contributed by atoms with Crippen molar-refractivity contribution in [3.05, 3.63) is 0 Å². The van der Waals surface area contributed by atoms with Crippen LogP contribution in [0, 0.1) is 5.92 Å². The lowest BCUT2D eigenvalue weighted by Crippen LogP contribution is -2.08. The molecule has 0 fully saturated rings. The summed E-state index contributed by atoms with van der Waals surface area (Å²) in [6, 6.07) is 0. The van der Waals surface area contributed by atoms with Crippen LogP contribution in [0.3, 0.4) is 0 Å². The van der Waals surface area contributed by atoms with Gasteiger partial charge in [0.15, 0.2) is 0 Å². The fraction of sp³-hybridized carbons (Fsp3) is 1.00. The molecule has 0 atom stereocenters. The fourth-order valence-electron chi connectivity index (χ4n) is 0.232. The number of rotatable bonds is 4. The van der Waals surface area contributed by atoms with E-state index in [1.807, 2.05) is 13.8 Å². The number of nitrogens with two attached hydrogens (primary N) is 1. The molecular weight excluding hydrogens is 106 g/mol. The van der Waals surface area contributed by atoms with Crippen molar-refractivity contribution in [2.75, 3.05) is 13.3 Å². The predicted octanol–water partition coefficient (Wildman–Crippen LogP) is 0.507. The number of hydrogen-bond donors (Lipinski definition) is 1. The molecule has 0 heterocycles. The largest absolute Gasteiger partial charge is 0.306 e. The van der Waals surface area contributed by atoms with Crippen LogP contribution in [0.4, 0.5) is 0 Å². The van der Waals surface area contributed by atoms with Crippen molar-refractivity contribution in [2.45, 2.75) is 13.8 Å². The zero-order valence-electron chi connectivity index (χ0n) is 5.39. The van der Waals surface area contributed by atoms with E-state index in [0.29, 0.717) is 12.5 Å². The first kappa shape index (κ1) is 7.88. The lowest BCUT2D eigenvalue weighted by Gasteiger charge is -2.02. The molecule has 0 saturated heterocycles. The lowest BCUT2D eigenvalue weighted by molar-refractivity contribution is -0.298. The van der Waals surface area contributed by atoms with Crippen molar-refractivity contribution in [1.29, 1.82) is 0 Å². The van der Waals surface area contributed by atoms with Crippen LogP contribution in [0.15, 0.2) is 0 Å². The van der Waals surface area contributed by atoms with Gasteiger partial charge >= 0.3 is 0 Å². The Bertz CT molecular complexity index is 47.7. The summed E-state index contributed by atoms with van der Waals surface area (Å²) >= 11 is 0. The highest BCUT2D eigenvalue weighted by atomic mass is 17.2. The van der Waals surface area contributed by atoms with Gasteiger partial charge in [0.25, 0.3) is 0 Å². The van der Waals surface area contributed by atoms with E-state index in [0.717, 1.165) is 0 Å². The second-order valence-electron chi connectivity index (χ2n) is 1.96. The van der Waals surface area contributed by atoms with E-state index in [1.54, 1.807) is 0 Å². The van der Waals surface area contributed by atoms with Gasteiger partial charge in [0.2, 0.25) is 0 Å². The van der Waals surface area contributed by atoms with Gasteiger partial charge in [-0.1, -0.05) is 13.8 Å². The van der Waals surface area contributed by atoms with Gasteiger partial charge < -0.3 is 5.73 Å². The Morgan fingerprint density at radius 1 is 1.38 bits per heavy atom. The van der Waals surface area contributed by atoms with Crippen molar-refractivity contribution in [2.24, 2.45) is 11.7 Å². The van der Waals surface area contributed by atoms with Crippen LogP contribution in [0.2, 0.25) is 0 Å². The minimum absolute atomic E-state index is 0.132. The topological polar surface area (TPSA) is 44.5 Å². The predicted molar refractivity (Wildman–Crippen MR) is 30.9 cm³/mol. The molecule has 0 aromatic rings. The van der Waals surface area contributed by atoms with Crippen LogP contribution in [0.1, 0.15) is 13.8 Å². The van der Waals surface area contributed by atoms with E-state index in [2.05, 4.69) is 9.78 Å². The molecule has 0 bridgehead atoms. The molecule has 0 aliphatic heterocycles. The molecule has 3 nitrogen and oxygen atoms in total. The molecule has 0 rings (SSSR count). The monoisotopic (exact) mass is 119 g/mol. The molecule has 0 aromatic carbocycles. The summed E-state index contributed by atoms with van der Waals surface area (Å²) in [6.07, 6.45) is 0. The van der Waals surface area contributed by atoms with Gasteiger partial charge in [-0.15, -0.1) is 0 Å². The van der Waals surface area contributed by atoms with Crippen LogP contribution in [0.25, 0.3) is 0 Å². The molecule has 50 valence electrons. The Hall–Kier alpha value is -0.120. The Morgan fingerprint density at radius 3 is 2.38 bits per heavy atom. The summed E-state index contributed by atoms with van der Waals surface area (Å²) in [5.41, 5.74) is 4.97. The average molecular weight is 119 g/mol. The summed E-state index contributed by atoms with van der Waals surface area (Å²) in [4.78, 5) is 9.04. The highest BCUT2D eigenvalue weighted by Crippen LogP contribution is 1.91. The molecule has 0 aliphatic carbocycles. The highest BCUT2D eigenvalue weighted by molar-refractivity contribution is 4.34. The average Bonchev–Trinajstić information content (AvgIpc) is 1.66. The third-order valence-corrected chi connectivity index (χ3v) is 0.553. The van der Waals surface area contributed by atoms with E-state index < -0.39 is 0 Å². The van der Waals surface area contributed by atoms with Crippen molar-refractivity contribution in [3.8, 4) is 0 Å². The van der Waals surface area contributed by atoms with Crippen LogP contribution in [0.5, 0.6) is 0 Å². The van der Waals surface area contributed by atoms with Gasteiger partial charge in [0.1, 0.15) is 6.73 Å². The molecular formula is C5H13NO2. The SMILES string of the molecule is CC(C)COOCN. The summed E-state index contributed by atoms with van der Waals surface area (Å²) in [7, 11) is 0. The molecule has 3 heteroatoms. The van der Waals surface area contributed by atoms with Crippen molar-refractivity contribution >= 4 is 0 Å². The van der Waals surface area contributed by atoms with Crippen LogP contribution in [-0.2, 0) is 9.78 Å². The zero-order valence-corrected chi connectivity index (χ0v) is 5.39. The van der Waals surface area contributed by atoms with Gasteiger partial charge in [-0.3, -0.25) is 0 Å². The maximum atomic E-state index is 4.97. The Balaban J connectivity index is 2.72. The Kier molecular flexibility index (Phi) is 4.95. The van der Waals surface area contributed by atoms with Gasteiger partial charge in [-0.25, -0.2) is 9.78 Å². The first-order chi connectivity index (χ1) is 3.77. The summed E-state index contributed by atoms with van der Waals surface area (Å²) in [5, 5.41) is 0. The molecule has 0 saturated carbocycles. The highest BCUT2D eigenvalue weighted by Gasteiger charge is 1.91. The molecule has 8 heavy (non-hydrogen) atoms. The molecule has 0 spiro atoms. The molecule has 0 unspecified atom stereocenters. The maximum Gasteiger partial charge on any atom is 0.130 e. The van der Waals surface area contributed by atoms with E-state index >= 15 is 0 Å². The van der Waals surface area contributed by atoms with Gasteiger partial charge in [0, 0.05) is 0 Å². The summed E-state index contributed by atoms with van der Waals surface area (Å²) in [6.45, 7) is 4.82. The van der Waals surface area contributed by atoms with Gasteiger partial charge in [0.05, 0.1) is 6.61 Å². The van der Waals surface area contributed by atoms with E-state index in [-0.39, 0.29) is 6.73 Å². The molecule has 0 aliphatic rings. The molecule has 0 amide bonds. The lowest BCUT2D eigenvalue weighted by atomic mass is 10.2.